The van der Waals surface area contributed by atoms with E-state index in [9.17, 15) is 18.5 Å². The molecule has 0 radical (unpaired) electrons. The fraction of sp³-hybridized carbons (Fsp3) is 0.556. The zero-order valence-corrected chi connectivity index (χ0v) is 12.5. The SMILES string of the molecule is Cc1nc(Cl)nc(NCCCNS(C)(=O)=O)c1[N+](=O)[O-]. The Hall–Kier alpha value is -1.52. The lowest BCUT2D eigenvalue weighted by atomic mass is 10.3. The number of aromatic nitrogens is 2. The molecule has 1 aromatic heterocycles. The second kappa shape index (κ2) is 6.77. The van der Waals surface area contributed by atoms with Gasteiger partial charge in [-0.05, 0) is 24.9 Å². The first-order chi connectivity index (χ1) is 9.20. The molecular weight excluding hydrogens is 310 g/mol. The van der Waals surface area contributed by atoms with E-state index in [1.807, 2.05) is 0 Å². The third-order valence-electron chi connectivity index (χ3n) is 2.22. The van der Waals surface area contributed by atoms with Gasteiger partial charge >= 0.3 is 5.69 Å². The van der Waals surface area contributed by atoms with Crippen molar-refractivity contribution in [3.8, 4) is 0 Å². The van der Waals surface area contributed by atoms with Crippen molar-refractivity contribution in [1.82, 2.24) is 14.7 Å². The van der Waals surface area contributed by atoms with Gasteiger partial charge < -0.3 is 5.32 Å². The van der Waals surface area contributed by atoms with Crippen LogP contribution in [0.5, 0.6) is 0 Å². The second-order valence-electron chi connectivity index (χ2n) is 3.98. The van der Waals surface area contributed by atoms with Crippen molar-refractivity contribution in [2.24, 2.45) is 0 Å². The van der Waals surface area contributed by atoms with Crippen molar-refractivity contribution in [2.45, 2.75) is 13.3 Å². The Labute approximate surface area is 121 Å². The number of halogens is 1. The minimum Gasteiger partial charge on any atom is -0.364 e. The molecule has 0 unspecified atom stereocenters. The topological polar surface area (TPSA) is 127 Å². The van der Waals surface area contributed by atoms with Gasteiger partial charge in [-0.15, -0.1) is 0 Å². The molecule has 0 aliphatic carbocycles. The van der Waals surface area contributed by atoms with Gasteiger partial charge in [-0.1, -0.05) is 0 Å². The van der Waals surface area contributed by atoms with Crippen LogP contribution in [-0.2, 0) is 10.0 Å². The van der Waals surface area contributed by atoms with Crippen LogP contribution in [0.25, 0.3) is 0 Å². The van der Waals surface area contributed by atoms with Gasteiger partial charge in [0.25, 0.3) is 0 Å². The zero-order valence-electron chi connectivity index (χ0n) is 10.9. The van der Waals surface area contributed by atoms with Gasteiger partial charge in [-0.2, -0.15) is 4.98 Å². The first kappa shape index (κ1) is 16.5. The van der Waals surface area contributed by atoms with Crippen LogP contribution in [0.3, 0.4) is 0 Å². The van der Waals surface area contributed by atoms with E-state index >= 15 is 0 Å². The molecule has 11 heteroatoms. The highest BCUT2D eigenvalue weighted by Gasteiger charge is 2.21. The van der Waals surface area contributed by atoms with Crippen molar-refractivity contribution in [1.29, 1.82) is 0 Å². The summed E-state index contributed by atoms with van der Waals surface area (Å²) in [7, 11) is -3.24. The van der Waals surface area contributed by atoms with E-state index in [-0.39, 0.29) is 29.0 Å². The molecule has 0 atom stereocenters. The van der Waals surface area contributed by atoms with Crippen molar-refractivity contribution in [3.63, 3.8) is 0 Å². The predicted molar refractivity (Wildman–Crippen MR) is 74.4 cm³/mol. The number of anilines is 1. The molecule has 0 saturated heterocycles. The number of hydrogen-bond donors (Lipinski definition) is 2. The summed E-state index contributed by atoms with van der Waals surface area (Å²) in [6.07, 6.45) is 1.49. The van der Waals surface area contributed by atoms with Crippen LogP contribution >= 0.6 is 11.6 Å². The number of nitrogens with zero attached hydrogens (tertiary/aromatic N) is 3. The van der Waals surface area contributed by atoms with Crippen LogP contribution in [-0.4, -0.2) is 42.7 Å². The molecule has 0 spiro atoms. The van der Waals surface area contributed by atoms with E-state index in [4.69, 9.17) is 11.6 Å². The smallest absolute Gasteiger partial charge is 0.332 e. The van der Waals surface area contributed by atoms with Gasteiger partial charge in [-0.3, -0.25) is 10.1 Å². The maximum atomic E-state index is 10.9. The van der Waals surface area contributed by atoms with E-state index in [0.717, 1.165) is 6.26 Å². The molecule has 9 nitrogen and oxygen atoms in total. The highest BCUT2D eigenvalue weighted by molar-refractivity contribution is 7.88. The average molecular weight is 324 g/mol. The molecule has 0 aliphatic rings. The minimum absolute atomic E-state index is 0.0202. The van der Waals surface area contributed by atoms with Crippen molar-refractivity contribution < 1.29 is 13.3 Å². The molecule has 1 aromatic rings. The molecule has 0 bridgehead atoms. The molecule has 1 rings (SSSR count). The first-order valence-electron chi connectivity index (χ1n) is 5.57. The van der Waals surface area contributed by atoms with Crippen LogP contribution in [0.1, 0.15) is 12.1 Å². The molecule has 112 valence electrons. The number of hydrogen-bond acceptors (Lipinski definition) is 7. The summed E-state index contributed by atoms with van der Waals surface area (Å²) < 4.78 is 24.0. The molecule has 0 amide bonds. The molecule has 1 heterocycles. The third-order valence-corrected chi connectivity index (χ3v) is 3.12. The van der Waals surface area contributed by atoms with Crippen LogP contribution < -0.4 is 10.0 Å². The molecule has 0 aromatic carbocycles. The maximum absolute atomic E-state index is 10.9. The number of nitro groups is 1. The summed E-state index contributed by atoms with van der Waals surface area (Å²) in [5, 5.41) is 13.6. The van der Waals surface area contributed by atoms with Crippen LogP contribution in [0, 0.1) is 17.0 Å². The van der Waals surface area contributed by atoms with Gasteiger partial charge in [0.1, 0.15) is 5.69 Å². The van der Waals surface area contributed by atoms with Crippen molar-refractivity contribution >= 4 is 33.1 Å². The summed E-state index contributed by atoms with van der Waals surface area (Å²) >= 11 is 5.65. The van der Waals surface area contributed by atoms with Crippen molar-refractivity contribution in [3.05, 3.63) is 21.1 Å². The quantitative estimate of drug-likeness (QED) is 0.327. The zero-order chi connectivity index (χ0) is 15.3. The van der Waals surface area contributed by atoms with Gasteiger partial charge in [0.15, 0.2) is 0 Å². The summed E-state index contributed by atoms with van der Waals surface area (Å²) in [6, 6.07) is 0. The van der Waals surface area contributed by atoms with Crippen LogP contribution in [0.15, 0.2) is 0 Å². The Morgan fingerprint density at radius 1 is 1.35 bits per heavy atom. The van der Waals surface area contributed by atoms with Gasteiger partial charge in [0.2, 0.25) is 21.1 Å². The van der Waals surface area contributed by atoms with Gasteiger partial charge in [0.05, 0.1) is 11.2 Å². The number of rotatable bonds is 7. The lowest BCUT2D eigenvalue weighted by molar-refractivity contribution is -0.385. The van der Waals surface area contributed by atoms with Crippen LogP contribution in [0.2, 0.25) is 5.28 Å². The minimum atomic E-state index is -3.24. The Kier molecular flexibility index (Phi) is 5.60. The lowest BCUT2D eigenvalue weighted by Gasteiger charge is -2.08. The Morgan fingerprint density at radius 2 is 2.00 bits per heavy atom. The van der Waals surface area contributed by atoms with Crippen LogP contribution in [0.4, 0.5) is 11.5 Å². The largest absolute Gasteiger partial charge is 0.364 e. The first-order valence-corrected chi connectivity index (χ1v) is 7.84. The fourth-order valence-corrected chi connectivity index (χ4v) is 2.15. The standard InChI is InChI=1S/C9H14ClN5O4S/c1-6-7(15(16)17)8(14-9(10)13-6)11-4-3-5-12-20(2,18)19/h12H,3-5H2,1-2H3,(H,11,13,14). The lowest BCUT2D eigenvalue weighted by Crippen LogP contribution is -2.24. The van der Waals surface area contributed by atoms with Crippen molar-refractivity contribution in [2.75, 3.05) is 24.7 Å². The number of nitrogens with one attached hydrogen (secondary N) is 2. The molecular formula is C9H14ClN5O4S. The Balaban J connectivity index is 2.66. The molecule has 2 N–H and O–H groups in total. The summed E-state index contributed by atoms with van der Waals surface area (Å²) in [4.78, 5) is 17.8. The predicted octanol–water partition coefficient (Wildman–Crippen LogP) is 0.698. The van der Waals surface area contributed by atoms with E-state index in [1.54, 1.807) is 0 Å². The van der Waals surface area contributed by atoms with E-state index in [1.165, 1.54) is 6.92 Å². The monoisotopic (exact) mass is 323 g/mol. The van der Waals surface area contributed by atoms with E-state index in [2.05, 4.69) is 20.0 Å². The molecule has 0 aliphatic heterocycles. The second-order valence-corrected chi connectivity index (χ2v) is 6.15. The van der Waals surface area contributed by atoms with Gasteiger partial charge in [0, 0.05) is 13.1 Å². The molecule has 0 saturated carbocycles. The highest BCUT2D eigenvalue weighted by atomic mass is 35.5. The fourth-order valence-electron chi connectivity index (χ4n) is 1.43. The van der Waals surface area contributed by atoms with E-state index < -0.39 is 14.9 Å². The summed E-state index contributed by atoms with van der Waals surface area (Å²) in [5.41, 5.74) is -0.0859. The maximum Gasteiger partial charge on any atom is 0.332 e. The average Bonchev–Trinajstić information content (AvgIpc) is 2.25. The summed E-state index contributed by atoms with van der Waals surface area (Å²) in [5.74, 6) is 0.0202. The summed E-state index contributed by atoms with van der Waals surface area (Å²) in [6.45, 7) is 1.98. The molecule has 20 heavy (non-hydrogen) atoms. The Morgan fingerprint density at radius 3 is 2.55 bits per heavy atom. The molecule has 0 fully saturated rings. The Bertz CT molecular complexity index is 607. The van der Waals surface area contributed by atoms with Gasteiger partial charge in [-0.25, -0.2) is 18.1 Å². The number of aryl methyl sites for hydroxylation is 1. The highest BCUT2D eigenvalue weighted by Crippen LogP contribution is 2.26. The normalized spacial score (nSPS) is 11.3. The van der Waals surface area contributed by atoms with E-state index in [0.29, 0.717) is 13.0 Å². The third kappa shape index (κ3) is 5.23. The number of sulfonamides is 1.